The quantitative estimate of drug-likeness (QED) is 0.344. The van der Waals surface area contributed by atoms with Gasteiger partial charge in [0.1, 0.15) is 11.9 Å². The van der Waals surface area contributed by atoms with Crippen molar-refractivity contribution in [2.75, 3.05) is 11.5 Å². The Morgan fingerprint density at radius 3 is 2.58 bits per heavy atom. The maximum atomic E-state index is 12.1. The Labute approximate surface area is 143 Å². The highest BCUT2D eigenvalue weighted by molar-refractivity contribution is 8.00. The van der Waals surface area contributed by atoms with Crippen molar-refractivity contribution in [3.63, 3.8) is 0 Å². The van der Waals surface area contributed by atoms with Crippen LogP contribution in [0.15, 0.2) is 54.6 Å². The van der Waals surface area contributed by atoms with Crippen LogP contribution in [0.25, 0.3) is 6.08 Å². The molecule has 0 amide bonds. The Morgan fingerprint density at radius 1 is 1.21 bits per heavy atom. The molecule has 1 fully saturated rings. The number of nitro groups is 1. The number of nitro benzene ring substituents is 1. The minimum absolute atomic E-state index is 0.0927. The fourth-order valence-electron chi connectivity index (χ4n) is 2.17. The standard InChI is InChI=1S/C18H15NO4S/c20-18(14-2-1-3-15(10-14)19(21)22)9-6-13-4-7-16(8-5-13)23-17-11-24-12-17/h1-10,17H,11-12H2/b9-6+. The Balaban J connectivity index is 1.65. The number of thioether (sulfide) groups is 1. The lowest BCUT2D eigenvalue weighted by Crippen LogP contribution is -2.30. The van der Waals surface area contributed by atoms with Gasteiger partial charge >= 0.3 is 0 Å². The summed E-state index contributed by atoms with van der Waals surface area (Å²) in [5.74, 6) is 2.60. The molecular formula is C18H15NO4S. The molecular weight excluding hydrogens is 326 g/mol. The highest BCUT2D eigenvalue weighted by Gasteiger charge is 2.19. The summed E-state index contributed by atoms with van der Waals surface area (Å²) in [7, 11) is 0. The number of ketones is 1. The van der Waals surface area contributed by atoms with Crippen molar-refractivity contribution in [3.8, 4) is 5.75 Å². The van der Waals surface area contributed by atoms with Crippen LogP contribution in [0.4, 0.5) is 5.69 Å². The molecule has 122 valence electrons. The molecule has 0 saturated carbocycles. The molecule has 5 nitrogen and oxygen atoms in total. The van der Waals surface area contributed by atoms with Gasteiger partial charge in [0.2, 0.25) is 0 Å². The number of hydrogen-bond acceptors (Lipinski definition) is 5. The topological polar surface area (TPSA) is 69.4 Å². The van der Waals surface area contributed by atoms with Crippen LogP contribution in [0.3, 0.4) is 0 Å². The third-order valence-electron chi connectivity index (χ3n) is 3.56. The summed E-state index contributed by atoms with van der Waals surface area (Å²) < 4.78 is 5.76. The molecule has 0 aromatic heterocycles. The first-order valence-corrected chi connectivity index (χ1v) is 8.58. The van der Waals surface area contributed by atoms with Crippen molar-refractivity contribution < 1.29 is 14.5 Å². The zero-order valence-corrected chi connectivity index (χ0v) is 13.6. The molecule has 0 radical (unpaired) electrons. The van der Waals surface area contributed by atoms with Crippen molar-refractivity contribution in [2.45, 2.75) is 6.10 Å². The van der Waals surface area contributed by atoms with Crippen LogP contribution in [0.1, 0.15) is 15.9 Å². The third kappa shape index (κ3) is 4.02. The first kappa shape index (κ1) is 16.3. The van der Waals surface area contributed by atoms with E-state index < -0.39 is 4.92 Å². The molecule has 24 heavy (non-hydrogen) atoms. The zero-order chi connectivity index (χ0) is 16.9. The van der Waals surface area contributed by atoms with E-state index in [4.69, 9.17) is 4.74 Å². The Bertz CT molecular complexity index is 782. The van der Waals surface area contributed by atoms with Gasteiger partial charge in [0.15, 0.2) is 5.78 Å². The summed E-state index contributed by atoms with van der Waals surface area (Å²) >= 11 is 1.86. The maximum absolute atomic E-state index is 12.1. The van der Waals surface area contributed by atoms with E-state index in [1.54, 1.807) is 12.1 Å². The molecule has 1 heterocycles. The van der Waals surface area contributed by atoms with Gasteiger partial charge in [-0.25, -0.2) is 0 Å². The van der Waals surface area contributed by atoms with Crippen LogP contribution in [0.5, 0.6) is 5.75 Å². The van der Waals surface area contributed by atoms with Gasteiger partial charge < -0.3 is 4.74 Å². The van der Waals surface area contributed by atoms with Crippen molar-refractivity contribution >= 4 is 29.3 Å². The fraction of sp³-hybridized carbons (Fsp3) is 0.167. The van der Waals surface area contributed by atoms with E-state index in [0.29, 0.717) is 11.7 Å². The molecule has 1 aliphatic heterocycles. The second-order valence-electron chi connectivity index (χ2n) is 5.35. The monoisotopic (exact) mass is 341 g/mol. The third-order valence-corrected chi connectivity index (χ3v) is 4.77. The Hall–Kier alpha value is -2.60. The van der Waals surface area contributed by atoms with Crippen LogP contribution in [0, 0.1) is 10.1 Å². The first-order valence-electron chi connectivity index (χ1n) is 7.43. The zero-order valence-electron chi connectivity index (χ0n) is 12.8. The van der Waals surface area contributed by atoms with Crippen LogP contribution in [-0.2, 0) is 0 Å². The lowest BCUT2D eigenvalue weighted by atomic mass is 10.1. The largest absolute Gasteiger partial charge is 0.489 e. The van der Waals surface area contributed by atoms with E-state index in [1.807, 2.05) is 36.0 Å². The van der Waals surface area contributed by atoms with Gasteiger partial charge in [-0.15, -0.1) is 0 Å². The van der Waals surface area contributed by atoms with Gasteiger partial charge in [-0.3, -0.25) is 14.9 Å². The number of nitrogens with zero attached hydrogens (tertiary/aromatic N) is 1. The van der Waals surface area contributed by atoms with Gasteiger partial charge in [0.25, 0.3) is 5.69 Å². The van der Waals surface area contributed by atoms with Crippen LogP contribution in [0.2, 0.25) is 0 Å². The minimum atomic E-state index is -0.514. The molecule has 6 heteroatoms. The summed E-state index contributed by atoms with van der Waals surface area (Å²) in [4.78, 5) is 22.4. The molecule has 1 aliphatic rings. The Kier molecular flexibility index (Phi) is 4.96. The van der Waals surface area contributed by atoms with Crippen molar-refractivity contribution in [3.05, 3.63) is 75.8 Å². The second-order valence-corrected chi connectivity index (χ2v) is 6.43. The smallest absolute Gasteiger partial charge is 0.270 e. The lowest BCUT2D eigenvalue weighted by Gasteiger charge is -2.25. The lowest BCUT2D eigenvalue weighted by molar-refractivity contribution is -0.384. The molecule has 0 N–H and O–H groups in total. The summed E-state index contributed by atoms with van der Waals surface area (Å²) in [6.45, 7) is 0. The maximum Gasteiger partial charge on any atom is 0.270 e. The molecule has 0 bridgehead atoms. The SMILES string of the molecule is O=C(/C=C/c1ccc(OC2CSC2)cc1)c1cccc([N+](=O)[O-])c1. The van der Waals surface area contributed by atoms with Gasteiger partial charge in [0.05, 0.1) is 4.92 Å². The van der Waals surface area contributed by atoms with Crippen LogP contribution in [-0.4, -0.2) is 28.3 Å². The normalized spacial score (nSPS) is 14.3. The molecule has 2 aromatic carbocycles. The molecule has 3 rings (SSSR count). The van der Waals surface area contributed by atoms with Gasteiger partial charge in [0, 0.05) is 29.2 Å². The van der Waals surface area contributed by atoms with E-state index in [1.165, 1.54) is 24.3 Å². The number of benzene rings is 2. The minimum Gasteiger partial charge on any atom is -0.489 e. The Morgan fingerprint density at radius 2 is 1.96 bits per heavy atom. The van der Waals surface area contributed by atoms with Gasteiger partial charge in [-0.2, -0.15) is 11.8 Å². The van der Waals surface area contributed by atoms with E-state index in [9.17, 15) is 14.9 Å². The number of non-ortho nitro benzene ring substituents is 1. The van der Waals surface area contributed by atoms with Crippen molar-refractivity contribution in [2.24, 2.45) is 0 Å². The fourth-order valence-corrected chi connectivity index (χ4v) is 2.74. The number of ether oxygens (including phenoxy) is 1. The summed E-state index contributed by atoms with van der Waals surface area (Å²) in [6, 6.07) is 13.2. The second kappa shape index (κ2) is 7.31. The molecule has 0 atom stereocenters. The van der Waals surface area contributed by atoms with Gasteiger partial charge in [-0.1, -0.05) is 30.3 Å². The number of carbonyl (C=O) groups is 1. The highest BCUT2D eigenvalue weighted by Crippen LogP contribution is 2.24. The molecule has 1 saturated heterocycles. The number of allylic oxidation sites excluding steroid dienone is 1. The van der Waals surface area contributed by atoms with Crippen LogP contribution >= 0.6 is 11.8 Å². The van der Waals surface area contributed by atoms with E-state index >= 15 is 0 Å². The number of rotatable bonds is 6. The van der Waals surface area contributed by atoms with E-state index in [-0.39, 0.29) is 11.5 Å². The summed E-state index contributed by atoms with van der Waals surface area (Å²) in [5, 5.41) is 10.8. The van der Waals surface area contributed by atoms with Gasteiger partial charge in [-0.05, 0) is 23.8 Å². The van der Waals surface area contributed by atoms with Crippen molar-refractivity contribution in [1.82, 2.24) is 0 Å². The average molecular weight is 341 g/mol. The summed E-state index contributed by atoms with van der Waals surface area (Å²) in [5.41, 5.74) is 1.07. The average Bonchev–Trinajstić information content (AvgIpc) is 2.57. The first-order chi connectivity index (χ1) is 11.6. The number of carbonyl (C=O) groups excluding carboxylic acids is 1. The van der Waals surface area contributed by atoms with E-state index in [0.717, 1.165) is 22.8 Å². The summed E-state index contributed by atoms with van der Waals surface area (Å²) in [6.07, 6.45) is 3.40. The number of hydrogen-bond donors (Lipinski definition) is 0. The molecule has 2 aromatic rings. The highest BCUT2D eigenvalue weighted by atomic mass is 32.2. The molecule has 0 spiro atoms. The van der Waals surface area contributed by atoms with Crippen LogP contribution < -0.4 is 4.74 Å². The molecule has 0 unspecified atom stereocenters. The molecule has 0 aliphatic carbocycles. The predicted molar refractivity (Wildman–Crippen MR) is 94.6 cm³/mol. The van der Waals surface area contributed by atoms with E-state index in [2.05, 4.69) is 0 Å². The predicted octanol–water partition coefficient (Wildman–Crippen LogP) is 3.99. The van der Waals surface area contributed by atoms with Crippen molar-refractivity contribution in [1.29, 1.82) is 0 Å².